The number of hydrogen-bond acceptors (Lipinski definition) is 4. The van der Waals surface area contributed by atoms with E-state index in [-0.39, 0.29) is 30.2 Å². The van der Waals surface area contributed by atoms with Crippen LogP contribution in [0.2, 0.25) is 0 Å². The highest BCUT2D eigenvalue weighted by Gasteiger charge is 2.34. The Morgan fingerprint density at radius 2 is 1.57 bits per heavy atom. The van der Waals surface area contributed by atoms with E-state index in [1.807, 2.05) is 6.92 Å². The number of ether oxygens (including phenoxy) is 2. The summed E-state index contributed by atoms with van der Waals surface area (Å²) in [6.07, 6.45) is 1.49. The molecule has 9 heteroatoms. The quantitative estimate of drug-likeness (QED) is 0.288. The molecule has 3 aromatic carbocycles. The van der Waals surface area contributed by atoms with E-state index in [9.17, 15) is 18.4 Å². The first-order valence-electron chi connectivity index (χ1n) is 10.8. The van der Waals surface area contributed by atoms with Crippen LogP contribution in [0.25, 0.3) is 6.08 Å². The zero-order valence-electron chi connectivity index (χ0n) is 18.7. The average Bonchev–Trinajstić information content (AvgIpc) is 3.09. The van der Waals surface area contributed by atoms with Crippen molar-refractivity contribution in [1.29, 1.82) is 0 Å². The molecule has 35 heavy (non-hydrogen) atoms. The second kappa shape index (κ2) is 10.7. The molecule has 0 bridgehead atoms. The average molecular weight is 543 g/mol. The topological polar surface area (TPSA) is 67.9 Å². The van der Waals surface area contributed by atoms with Crippen molar-refractivity contribution in [3.05, 3.63) is 99.2 Å². The number of nitrogens with zero attached hydrogens (tertiary/aromatic N) is 1. The minimum Gasteiger partial charge on any atom is -0.490 e. The lowest BCUT2D eigenvalue weighted by Gasteiger charge is -2.14. The van der Waals surface area contributed by atoms with Gasteiger partial charge in [0.05, 0.1) is 13.2 Å². The molecule has 4 rings (SSSR count). The van der Waals surface area contributed by atoms with Gasteiger partial charge in [0.25, 0.3) is 5.91 Å². The molecule has 1 heterocycles. The Morgan fingerprint density at radius 3 is 2.23 bits per heavy atom. The normalized spacial score (nSPS) is 14.4. The molecule has 1 fully saturated rings. The third-order valence-corrected chi connectivity index (χ3v) is 5.94. The van der Waals surface area contributed by atoms with Crippen LogP contribution in [-0.4, -0.2) is 23.4 Å². The van der Waals surface area contributed by atoms with Gasteiger partial charge in [0, 0.05) is 15.6 Å². The van der Waals surface area contributed by atoms with E-state index in [4.69, 9.17) is 9.47 Å². The van der Waals surface area contributed by atoms with Gasteiger partial charge in [-0.05, 0) is 42.8 Å². The Morgan fingerprint density at radius 1 is 0.943 bits per heavy atom. The molecular weight excluding hydrogens is 522 g/mol. The van der Waals surface area contributed by atoms with Crippen LogP contribution in [0, 0.1) is 11.6 Å². The SMILES string of the molecule is CCOc1cc(/C=C2/NC(=O)N(Cc3ccccc3F)C2=O)c(Br)cc1OCc1ccccc1F. The van der Waals surface area contributed by atoms with E-state index >= 15 is 0 Å². The molecule has 1 N–H and O–H groups in total. The highest BCUT2D eigenvalue weighted by Crippen LogP contribution is 2.36. The number of nitrogens with one attached hydrogen (secondary N) is 1. The van der Waals surface area contributed by atoms with Crippen molar-refractivity contribution in [2.45, 2.75) is 20.1 Å². The number of hydrogen-bond donors (Lipinski definition) is 1. The monoisotopic (exact) mass is 542 g/mol. The van der Waals surface area contributed by atoms with Crippen molar-refractivity contribution < 1.29 is 27.8 Å². The van der Waals surface area contributed by atoms with Gasteiger partial charge in [-0.3, -0.25) is 9.69 Å². The molecule has 180 valence electrons. The number of imide groups is 1. The Kier molecular flexibility index (Phi) is 7.45. The first-order chi connectivity index (χ1) is 16.9. The lowest BCUT2D eigenvalue weighted by molar-refractivity contribution is -0.123. The van der Waals surface area contributed by atoms with E-state index in [2.05, 4.69) is 21.2 Å². The summed E-state index contributed by atoms with van der Waals surface area (Å²) in [7, 11) is 0. The van der Waals surface area contributed by atoms with Crippen LogP contribution >= 0.6 is 15.9 Å². The van der Waals surface area contributed by atoms with E-state index in [1.165, 1.54) is 30.3 Å². The fourth-order valence-electron chi connectivity index (χ4n) is 3.48. The standard InChI is InChI=1S/C26H21BrF2N2O4/c1-2-34-23-12-18(19(27)13-24(23)35-15-17-8-4-6-10-21(17)29)11-22-25(32)31(26(33)30-22)14-16-7-3-5-9-20(16)28/h3-13H,2,14-15H2,1H3,(H,30,33)/b22-11+. The van der Waals surface area contributed by atoms with E-state index in [0.29, 0.717) is 33.7 Å². The highest BCUT2D eigenvalue weighted by molar-refractivity contribution is 9.10. The molecule has 0 saturated carbocycles. The van der Waals surface area contributed by atoms with Crippen LogP contribution in [-0.2, 0) is 17.9 Å². The lowest BCUT2D eigenvalue weighted by atomic mass is 10.1. The fourth-order valence-corrected chi connectivity index (χ4v) is 3.92. The van der Waals surface area contributed by atoms with Gasteiger partial charge in [0.1, 0.15) is 23.9 Å². The molecule has 1 saturated heterocycles. The Bertz CT molecular complexity index is 1310. The molecule has 0 aliphatic carbocycles. The number of urea groups is 1. The highest BCUT2D eigenvalue weighted by atomic mass is 79.9. The smallest absolute Gasteiger partial charge is 0.329 e. The summed E-state index contributed by atoms with van der Waals surface area (Å²) in [6, 6.07) is 14.9. The number of carbonyl (C=O) groups is 2. The van der Waals surface area contributed by atoms with Crippen LogP contribution in [0.4, 0.5) is 13.6 Å². The first-order valence-corrected chi connectivity index (χ1v) is 11.6. The lowest BCUT2D eigenvalue weighted by Crippen LogP contribution is -2.30. The summed E-state index contributed by atoms with van der Waals surface area (Å²) < 4.78 is 40.0. The number of halogens is 3. The van der Waals surface area contributed by atoms with Gasteiger partial charge in [0.15, 0.2) is 11.5 Å². The summed E-state index contributed by atoms with van der Waals surface area (Å²) in [4.78, 5) is 26.2. The largest absolute Gasteiger partial charge is 0.490 e. The van der Waals surface area contributed by atoms with E-state index in [1.54, 1.807) is 36.4 Å². The molecule has 1 aliphatic heterocycles. The molecule has 0 spiro atoms. The Labute approximate surface area is 209 Å². The number of rotatable bonds is 8. The minimum absolute atomic E-state index is 0.000821. The van der Waals surface area contributed by atoms with Crippen molar-refractivity contribution >= 4 is 33.9 Å². The van der Waals surface area contributed by atoms with Gasteiger partial charge >= 0.3 is 6.03 Å². The molecule has 0 unspecified atom stereocenters. The molecule has 6 nitrogen and oxygen atoms in total. The van der Waals surface area contributed by atoms with Crippen LogP contribution in [0.15, 0.2) is 70.8 Å². The second-order valence-electron chi connectivity index (χ2n) is 7.60. The molecule has 3 aromatic rings. The molecular formula is C26H21BrF2N2O4. The number of carbonyl (C=O) groups excluding carboxylic acids is 2. The van der Waals surface area contributed by atoms with Crippen LogP contribution in [0.1, 0.15) is 23.6 Å². The minimum atomic E-state index is -0.643. The zero-order chi connectivity index (χ0) is 24.9. The molecule has 0 radical (unpaired) electrons. The van der Waals surface area contributed by atoms with Crippen molar-refractivity contribution in [1.82, 2.24) is 10.2 Å². The molecule has 0 aromatic heterocycles. The van der Waals surface area contributed by atoms with E-state index in [0.717, 1.165) is 4.90 Å². The summed E-state index contributed by atoms with van der Waals surface area (Å²) in [6.45, 7) is 1.96. The van der Waals surface area contributed by atoms with Crippen molar-refractivity contribution in [3.8, 4) is 11.5 Å². The predicted molar refractivity (Wildman–Crippen MR) is 130 cm³/mol. The van der Waals surface area contributed by atoms with Gasteiger partial charge in [-0.15, -0.1) is 0 Å². The van der Waals surface area contributed by atoms with Crippen molar-refractivity contribution in [3.63, 3.8) is 0 Å². The van der Waals surface area contributed by atoms with Gasteiger partial charge in [-0.1, -0.05) is 52.3 Å². The fraction of sp³-hybridized carbons (Fsp3) is 0.154. The van der Waals surface area contributed by atoms with Crippen LogP contribution in [0.5, 0.6) is 11.5 Å². The summed E-state index contributed by atoms with van der Waals surface area (Å²) in [5.41, 5.74) is 1.21. The summed E-state index contributed by atoms with van der Waals surface area (Å²) >= 11 is 3.45. The van der Waals surface area contributed by atoms with Gasteiger partial charge in [-0.2, -0.15) is 0 Å². The third-order valence-electron chi connectivity index (χ3n) is 5.25. The molecule has 0 atom stereocenters. The summed E-state index contributed by atoms with van der Waals surface area (Å²) in [5.74, 6) is -0.684. The molecule has 1 aliphatic rings. The number of benzene rings is 3. The van der Waals surface area contributed by atoms with Crippen LogP contribution in [0.3, 0.4) is 0 Å². The first kappa shape index (κ1) is 24.4. The third kappa shape index (κ3) is 5.51. The Balaban J connectivity index is 1.57. The van der Waals surface area contributed by atoms with Crippen molar-refractivity contribution in [2.75, 3.05) is 6.61 Å². The maximum Gasteiger partial charge on any atom is 0.329 e. The van der Waals surface area contributed by atoms with Gasteiger partial charge < -0.3 is 14.8 Å². The van der Waals surface area contributed by atoms with Gasteiger partial charge in [-0.25, -0.2) is 13.6 Å². The summed E-state index contributed by atoms with van der Waals surface area (Å²) in [5, 5.41) is 2.53. The van der Waals surface area contributed by atoms with Gasteiger partial charge in [0.2, 0.25) is 0 Å². The zero-order valence-corrected chi connectivity index (χ0v) is 20.3. The van der Waals surface area contributed by atoms with E-state index < -0.39 is 17.8 Å². The second-order valence-corrected chi connectivity index (χ2v) is 8.46. The van der Waals surface area contributed by atoms with Crippen LogP contribution < -0.4 is 14.8 Å². The Hall–Kier alpha value is -3.72. The predicted octanol–water partition coefficient (Wildman–Crippen LogP) is 5.80. The molecule has 3 amide bonds. The maximum atomic E-state index is 14.0. The van der Waals surface area contributed by atoms with Crippen molar-refractivity contribution in [2.24, 2.45) is 0 Å². The number of amides is 3. The maximum absolute atomic E-state index is 14.0.